The Balaban J connectivity index is 1.59. The number of aliphatic hydroxyl groups is 11. The number of allylic oxidation sites excluding steroid dienone is 3. The molecule has 19 heteroatoms. The van der Waals surface area contributed by atoms with E-state index in [1.165, 1.54) is 70.6 Å². The van der Waals surface area contributed by atoms with Crippen molar-refractivity contribution in [3.63, 3.8) is 0 Å². The molecule has 0 aromatic rings. The summed E-state index contributed by atoms with van der Waals surface area (Å²) in [6, 6.07) is -0.981. The van der Waals surface area contributed by atoms with E-state index in [0.29, 0.717) is 12.8 Å². The summed E-state index contributed by atoms with van der Waals surface area (Å²) in [5.74, 6) is -0.291. The number of carbonyl (C=O) groups excluding carboxylic acids is 1. The number of aliphatic hydroxyl groups excluding tert-OH is 11. The Labute approximate surface area is 397 Å². The largest absolute Gasteiger partial charge is 0.394 e. The van der Waals surface area contributed by atoms with E-state index in [4.69, 9.17) is 28.4 Å². The lowest BCUT2D eigenvalue weighted by Gasteiger charge is -2.48. The van der Waals surface area contributed by atoms with Crippen LogP contribution in [0.5, 0.6) is 0 Å². The van der Waals surface area contributed by atoms with Gasteiger partial charge in [0.1, 0.15) is 73.2 Å². The zero-order valence-electron chi connectivity index (χ0n) is 39.9. The average Bonchev–Trinajstić information content (AvgIpc) is 3.32. The molecular weight excluding hydrogens is 879 g/mol. The number of hydrogen-bond donors (Lipinski definition) is 12. The van der Waals surface area contributed by atoms with E-state index < -0.39 is 124 Å². The first-order valence-electron chi connectivity index (χ1n) is 25.1. The van der Waals surface area contributed by atoms with Crippen molar-refractivity contribution in [3.05, 3.63) is 24.3 Å². The fourth-order valence-electron chi connectivity index (χ4n) is 8.50. The molecular formula is C48H87NO18. The second kappa shape index (κ2) is 33.8. The van der Waals surface area contributed by atoms with Crippen molar-refractivity contribution in [2.75, 3.05) is 26.4 Å². The second-order valence-electron chi connectivity index (χ2n) is 18.3. The standard InChI is InChI=1S/C48H87NO18/c1-3-5-7-9-11-13-15-17-19-21-23-25-32(53)31(49-36(54)26-24-22-20-18-16-14-12-10-8-6-4-2)30-62-46-42(60)39(57)44(34(28-51)64-46)67-48-43(61)40(58)45(35(29-52)65-48)66-47-41(59)38(56)37(55)33(27-50)63-47/h15,17,23,25,31-35,37-48,50-53,55-61H,3-14,16,18-22,24,26-30H2,1-2H3,(H,49,54)/b17-15+,25-23+. The molecule has 3 saturated heterocycles. The van der Waals surface area contributed by atoms with Gasteiger partial charge < -0.3 is 89.9 Å². The van der Waals surface area contributed by atoms with Crippen LogP contribution < -0.4 is 5.32 Å². The summed E-state index contributed by atoms with van der Waals surface area (Å²) in [6.45, 7) is 1.61. The lowest BCUT2D eigenvalue weighted by molar-refractivity contribution is -0.379. The molecule has 19 nitrogen and oxygen atoms in total. The molecule has 3 heterocycles. The normalized spacial score (nSPS) is 33.7. The number of unbranched alkanes of at least 4 members (excludes halogenated alkanes) is 16. The van der Waals surface area contributed by atoms with Gasteiger partial charge in [-0.1, -0.05) is 128 Å². The third-order valence-corrected chi connectivity index (χ3v) is 12.8. The molecule has 0 aromatic carbocycles. The van der Waals surface area contributed by atoms with Crippen LogP contribution in [0.25, 0.3) is 0 Å². The van der Waals surface area contributed by atoms with Crippen molar-refractivity contribution < 1.29 is 89.4 Å². The van der Waals surface area contributed by atoms with Gasteiger partial charge in [0.25, 0.3) is 0 Å². The van der Waals surface area contributed by atoms with Crippen molar-refractivity contribution in [3.8, 4) is 0 Å². The Morgan fingerprint density at radius 1 is 0.522 bits per heavy atom. The minimum absolute atomic E-state index is 0.238. The quantitative estimate of drug-likeness (QED) is 0.0319. The second-order valence-corrected chi connectivity index (χ2v) is 18.3. The molecule has 67 heavy (non-hydrogen) atoms. The fourth-order valence-corrected chi connectivity index (χ4v) is 8.50. The Morgan fingerprint density at radius 3 is 1.49 bits per heavy atom. The van der Waals surface area contributed by atoms with Gasteiger partial charge in [0.15, 0.2) is 18.9 Å². The van der Waals surface area contributed by atoms with Gasteiger partial charge in [0, 0.05) is 6.42 Å². The molecule has 3 aliphatic rings. The molecule has 0 radical (unpaired) electrons. The van der Waals surface area contributed by atoms with Gasteiger partial charge in [0.2, 0.25) is 5.91 Å². The van der Waals surface area contributed by atoms with Crippen LogP contribution in [0.3, 0.4) is 0 Å². The Morgan fingerprint density at radius 2 is 0.955 bits per heavy atom. The predicted octanol–water partition coefficient (Wildman–Crippen LogP) is 1.25. The first-order valence-corrected chi connectivity index (χ1v) is 25.1. The summed E-state index contributed by atoms with van der Waals surface area (Å²) >= 11 is 0. The summed E-state index contributed by atoms with van der Waals surface area (Å²) in [6.07, 6.45) is 2.01. The van der Waals surface area contributed by atoms with Crippen LogP contribution in [0.4, 0.5) is 0 Å². The van der Waals surface area contributed by atoms with E-state index in [9.17, 15) is 61.0 Å². The first-order chi connectivity index (χ1) is 32.3. The van der Waals surface area contributed by atoms with Crippen LogP contribution >= 0.6 is 0 Å². The summed E-state index contributed by atoms with van der Waals surface area (Å²) in [5.41, 5.74) is 0. The molecule has 3 aliphatic heterocycles. The minimum atomic E-state index is -1.98. The predicted molar refractivity (Wildman–Crippen MR) is 245 cm³/mol. The first kappa shape index (κ1) is 59.6. The maximum atomic E-state index is 13.2. The van der Waals surface area contributed by atoms with Gasteiger partial charge in [-0.2, -0.15) is 0 Å². The third-order valence-electron chi connectivity index (χ3n) is 12.8. The molecule has 1 amide bonds. The Bertz CT molecular complexity index is 1340. The highest BCUT2D eigenvalue weighted by Gasteiger charge is 2.53. The molecule has 3 fully saturated rings. The van der Waals surface area contributed by atoms with Gasteiger partial charge >= 0.3 is 0 Å². The number of ether oxygens (including phenoxy) is 6. The minimum Gasteiger partial charge on any atom is -0.394 e. The maximum absolute atomic E-state index is 13.2. The Kier molecular flexibility index (Phi) is 30.0. The van der Waals surface area contributed by atoms with Crippen LogP contribution in [0, 0.1) is 0 Å². The molecule has 0 aromatic heterocycles. The summed E-state index contributed by atoms with van der Waals surface area (Å²) in [7, 11) is 0. The molecule has 3 rings (SSSR count). The summed E-state index contributed by atoms with van der Waals surface area (Å²) in [4.78, 5) is 13.2. The van der Waals surface area contributed by atoms with Crippen molar-refractivity contribution in [2.24, 2.45) is 0 Å². The molecule has 12 N–H and O–H groups in total. The van der Waals surface area contributed by atoms with Crippen molar-refractivity contribution >= 4 is 5.91 Å². The zero-order chi connectivity index (χ0) is 49.1. The highest BCUT2D eigenvalue weighted by molar-refractivity contribution is 5.76. The fraction of sp³-hybridized carbons (Fsp3) is 0.896. The van der Waals surface area contributed by atoms with E-state index in [-0.39, 0.29) is 18.9 Å². The number of amides is 1. The zero-order valence-corrected chi connectivity index (χ0v) is 39.9. The van der Waals surface area contributed by atoms with Gasteiger partial charge in [-0.15, -0.1) is 0 Å². The van der Waals surface area contributed by atoms with Crippen molar-refractivity contribution in [1.82, 2.24) is 5.32 Å². The smallest absolute Gasteiger partial charge is 0.220 e. The molecule has 17 unspecified atom stereocenters. The topological polar surface area (TPSA) is 307 Å². The molecule has 392 valence electrons. The molecule has 0 spiro atoms. The average molecular weight is 966 g/mol. The van der Waals surface area contributed by atoms with Crippen molar-refractivity contribution in [2.45, 2.75) is 247 Å². The number of hydrogen-bond acceptors (Lipinski definition) is 18. The Hall–Kier alpha value is -1.73. The van der Waals surface area contributed by atoms with E-state index in [0.717, 1.165) is 38.5 Å². The van der Waals surface area contributed by atoms with Crippen LogP contribution in [-0.4, -0.2) is 193 Å². The highest BCUT2D eigenvalue weighted by atomic mass is 16.8. The maximum Gasteiger partial charge on any atom is 0.220 e. The molecule has 0 saturated carbocycles. The monoisotopic (exact) mass is 966 g/mol. The van der Waals surface area contributed by atoms with E-state index in [1.807, 2.05) is 6.08 Å². The number of carbonyl (C=O) groups is 1. The highest BCUT2D eigenvalue weighted by Crippen LogP contribution is 2.33. The van der Waals surface area contributed by atoms with Crippen LogP contribution in [0.1, 0.15) is 142 Å². The molecule has 17 atom stereocenters. The third kappa shape index (κ3) is 20.1. The van der Waals surface area contributed by atoms with E-state index in [1.54, 1.807) is 6.08 Å². The van der Waals surface area contributed by atoms with Crippen LogP contribution in [0.2, 0.25) is 0 Å². The van der Waals surface area contributed by atoms with Gasteiger partial charge in [-0.25, -0.2) is 0 Å². The summed E-state index contributed by atoms with van der Waals surface area (Å²) in [5, 5.41) is 119. The van der Waals surface area contributed by atoms with E-state index >= 15 is 0 Å². The van der Waals surface area contributed by atoms with Crippen molar-refractivity contribution in [1.29, 1.82) is 0 Å². The molecule has 0 aliphatic carbocycles. The lowest BCUT2D eigenvalue weighted by Crippen LogP contribution is -2.66. The van der Waals surface area contributed by atoms with Gasteiger partial charge in [0.05, 0.1) is 38.6 Å². The van der Waals surface area contributed by atoms with Crippen LogP contribution in [-0.2, 0) is 33.2 Å². The van der Waals surface area contributed by atoms with Gasteiger partial charge in [-0.3, -0.25) is 4.79 Å². The summed E-state index contributed by atoms with van der Waals surface area (Å²) < 4.78 is 34.0. The number of rotatable bonds is 34. The molecule has 0 bridgehead atoms. The SMILES string of the molecule is CCCCCCC/C=C/CC/C=C/C(O)C(COC1OC(CO)C(OC2OC(CO)C(OC3OC(CO)C(O)C(O)C3O)C(O)C2O)C(O)C1O)NC(=O)CCCCCCCCCCCCC. The lowest BCUT2D eigenvalue weighted by atomic mass is 9.96. The number of nitrogens with one attached hydrogen (secondary N) is 1. The van der Waals surface area contributed by atoms with Gasteiger partial charge in [-0.05, 0) is 32.1 Å². The van der Waals surface area contributed by atoms with Crippen LogP contribution in [0.15, 0.2) is 24.3 Å². The van der Waals surface area contributed by atoms with E-state index in [2.05, 4.69) is 31.3 Å².